The van der Waals surface area contributed by atoms with Crippen molar-refractivity contribution in [3.8, 4) is 0 Å². The summed E-state index contributed by atoms with van der Waals surface area (Å²) >= 11 is 0. The second kappa shape index (κ2) is 9.44. The van der Waals surface area contributed by atoms with Gasteiger partial charge in [-0.25, -0.2) is 0 Å². The van der Waals surface area contributed by atoms with Gasteiger partial charge in [-0.3, -0.25) is 6.08 Å². The van der Waals surface area contributed by atoms with Crippen LogP contribution in [0, 0.1) is 6.58 Å². The number of unbranched alkanes of at least 4 members (excludes halogenated alkanes) is 1. The maximum atomic E-state index is 5.04. The molecule has 0 aliphatic rings. The fourth-order valence-electron chi connectivity index (χ4n) is 0.214. The minimum absolute atomic E-state index is 0. The topological polar surface area (TPSA) is 0 Å². The van der Waals surface area contributed by atoms with Crippen molar-refractivity contribution in [2.24, 2.45) is 0 Å². The van der Waals surface area contributed by atoms with E-state index in [2.05, 4.69) is 6.58 Å². The Morgan fingerprint density at radius 3 is 2.14 bits per heavy atom. The van der Waals surface area contributed by atoms with Crippen molar-refractivity contribution in [1.29, 1.82) is 0 Å². The minimum Gasteiger partial charge on any atom is -0.518 e. The summed E-state index contributed by atoms with van der Waals surface area (Å²) in [7, 11) is 0. The second-order valence-electron chi connectivity index (χ2n) is 1.10. The monoisotopic (exact) mass is 184 g/mol. The van der Waals surface area contributed by atoms with Gasteiger partial charge in [-0.2, -0.15) is 0 Å². The Morgan fingerprint density at radius 1 is 1.43 bits per heavy atom. The zero-order valence-corrected chi connectivity index (χ0v) is 5.83. The molecule has 0 rings (SSSR count). The molecule has 0 atom stereocenters. The van der Waals surface area contributed by atoms with Crippen LogP contribution in [0.1, 0.15) is 12.8 Å². The fourth-order valence-corrected chi connectivity index (χ4v) is 0.214. The fraction of sp³-hybridized carbons (Fsp3) is 0.333. The number of rotatable bonds is 3. The molecule has 0 saturated carbocycles. The molecule has 0 fully saturated rings. The van der Waals surface area contributed by atoms with Gasteiger partial charge in [-0.15, -0.1) is 6.58 Å². The molecule has 0 aliphatic carbocycles. The maximum Gasteiger partial charge on any atom is 0 e. The molecule has 0 unspecified atom stereocenters. The Morgan fingerprint density at radius 2 is 2.00 bits per heavy atom. The van der Waals surface area contributed by atoms with Crippen LogP contribution in [-0.2, 0) is 19.5 Å². The summed E-state index contributed by atoms with van der Waals surface area (Å²) in [5.74, 6) is 0. The molecule has 7 heavy (non-hydrogen) atoms. The van der Waals surface area contributed by atoms with Gasteiger partial charge in [-0.1, -0.05) is 12.5 Å². The summed E-state index contributed by atoms with van der Waals surface area (Å²) in [5.41, 5.74) is 0. The van der Waals surface area contributed by atoms with Crippen LogP contribution in [0.2, 0.25) is 0 Å². The third-order valence-electron chi connectivity index (χ3n) is 0.537. The predicted molar refractivity (Wildman–Crippen MR) is 28.3 cm³/mol. The van der Waals surface area contributed by atoms with Gasteiger partial charge in [0.2, 0.25) is 0 Å². The average molecular weight is 184 g/mol. The minimum atomic E-state index is 0. The molecule has 0 heterocycles. The van der Waals surface area contributed by atoms with E-state index in [1.807, 2.05) is 6.08 Å². The summed E-state index contributed by atoms with van der Waals surface area (Å²) in [6, 6.07) is 0. The van der Waals surface area contributed by atoms with Gasteiger partial charge >= 0.3 is 0 Å². The Hall–Kier alpha value is 0.103. The van der Waals surface area contributed by atoms with E-state index in [4.69, 9.17) is 6.58 Å². The van der Waals surface area contributed by atoms with Crippen molar-refractivity contribution < 1.29 is 19.5 Å². The van der Waals surface area contributed by atoms with Crippen LogP contribution >= 0.6 is 0 Å². The summed E-state index contributed by atoms with van der Waals surface area (Å²) in [5, 5.41) is 0. The molecule has 0 saturated heterocycles. The Balaban J connectivity index is 0. The first-order chi connectivity index (χ1) is 2.91. The summed E-state index contributed by atoms with van der Waals surface area (Å²) in [6.45, 7) is 8.56. The molecular weight excluding hydrogens is 175 g/mol. The molecule has 1 heteroatoms. The Bertz CT molecular complexity index is 40.1. The molecule has 0 amide bonds. The van der Waals surface area contributed by atoms with Crippen LogP contribution in [0.15, 0.2) is 18.7 Å². The predicted octanol–water partition coefficient (Wildman–Crippen LogP) is 1.94. The molecule has 0 aromatic rings. The van der Waals surface area contributed by atoms with Crippen LogP contribution < -0.4 is 0 Å². The van der Waals surface area contributed by atoms with Gasteiger partial charge in [0.05, 0.1) is 0 Å². The number of hydrogen-bond acceptors (Lipinski definition) is 0. The van der Waals surface area contributed by atoms with Crippen LogP contribution in [0.3, 0.4) is 0 Å². The van der Waals surface area contributed by atoms with Crippen molar-refractivity contribution in [3.63, 3.8) is 0 Å². The molecular formula is C6H9Rh-. The van der Waals surface area contributed by atoms with Crippen LogP contribution in [-0.4, -0.2) is 0 Å². The normalized spacial score (nSPS) is 6.29. The van der Waals surface area contributed by atoms with Crippen LogP contribution in [0.25, 0.3) is 0 Å². The molecule has 0 aliphatic heterocycles. The molecule has 0 nitrogen and oxygen atoms in total. The maximum absolute atomic E-state index is 5.04. The number of hydrogen-bond donors (Lipinski definition) is 0. The standard InChI is InChI=1S/C6H9.Rh/c1-3-5-6-4-2;/h1,3-4H,2,5-6H2;/q-1;. The molecule has 0 N–H and O–H groups in total. The summed E-state index contributed by atoms with van der Waals surface area (Å²) in [4.78, 5) is 0. The molecule has 0 spiro atoms. The van der Waals surface area contributed by atoms with E-state index in [1.54, 1.807) is 6.08 Å². The molecule has 1 radical (unpaired) electrons. The van der Waals surface area contributed by atoms with Gasteiger partial charge in [0, 0.05) is 19.5 Å². The van der Waals surface area contributed by atoms with E-state index >= 15 is 0 Å². The third-order valence-corrected chi connectivity index (χ3v) is 0.537. The van der Waals surface area contributed by atoms with Crippen molar-refractivity contribution in [2.45, 2.75) is 12.8 Å². The summed E-state index contributed by atoms with van der Waals surface area (Å²) < 4.78 is 0. The first-order valence-electron chi connectivity index (χ1n) is 2.06. The van der Waals surface area contributed by atoms with E-state index in [1.165, 1.54) is 0 Å². The van der Waals surface area contributed by atoms with Gasteiger partial charge in [0.25, 0.3) is 0 Å². The van der Waals surface area contributed by atoms with E-state index < -0.39 is 0 Å². The SMILES string of the molecule is [CH-]=CCCC=C.[Rh]. The van der Waals surface area contributed by atoms with Gasteiger partial charge < -0.3 is 6.58 Å². The van der Waals surface area contributed by atoms with Crippen LogP contribution in [0.4, 0.5) is 0 Å². The average Bonchev–Trinajstić information content (AvgIpc) is 1.61. The van der Waals surface area contributed by atoms with Gasteiger partial charge in [-0.05, 0) is 6.42 Å². The van der Waals surface area contributed by atoms with E-state index in [0.29, 0.717) is 0 Å². The molecule has 0 aromatic carbocycles. The molecule has 0 aromatic heterocycles. The molecule has 43 valence electrons. The van der Waals surface area contributed by atoms with Crippen LogP contribution in [0.5, 0.6) is 0 Å². The number of allylic oxidation sites excluding steroid dienone is 2. The zero-order valence-electron chi connectivity index (χ0n) is 4.19. The smallest absolute Gasteiger partial charge is 0 e. The third kappa shape index (κ3) is 10.7. The Labute approximate surface area is 58.1 Å². The van der Waals surface area contributed by atoms with Crippen molar-refractivity contribution >= 4 is 0 Å². The van der Waals surface area contributed by atoms with Crippen molar-refractivity contribution in [2.75, 3.05) is 0 Å². The zero-order chi connectivity index (χ0) is 4.83. The van der Waals surface area contributed by atoms with E-state index in [0.717, 1.165) is 12.8 Å². The second-order valence-corrected chi connectivity index (χ2v) is 1.10. The first kappa shape index (κ1) is 10.2. The van der Waals surface area contributed by atoms with Gasteiger partial charge in [0.15, 0.2) is 0 Å². The first-order valence-corrected chi connectivity index (χ1v) is 2.06. The summed E-state index contributed by atoms with van der Waals surface area (Å²) in [6.07, 6.45) is 5.44. The van der Waals surface area contributed by atoms with Crippen molar-refractivity contribution in [1.82, 2.24) is 0 Å². The largest absolute Gasteiger partial charge is 0.518 e. The van der Waals surface area contributed by atoms with Gasteiger partial charge in [0.1, 0.15) is 0 Å². The quantitative estimate of drug-likeness (QED) is 0.272. The van der Waals surface area contributed by atoms with Crippen molar-refractivity contribution in [3.05, 3.63) is 25.3 Å². The Kier molecular flexibility index (Phi) is 13.7. The van der Waals surface area contributed by atoms with E-state index in [9.17, 15) is 0 Å². The van der Waals surface area contributed by atoms with E-state index in [-0.39, 0.29) is 19.5 Å². The molecule has 0 bridgehead atoms.